The molecule has 0 fully saturated rings. The maximum Gasteiger partial charge on any atom is 0.0882 e. The van der Waals surface area contributed by atoms with E-state index in [2.05, 4.69) is 17.1 Å². The number of nitrogens with zero attached hydrogens (tertiary/aromatic N) is 1. The van der Waals surface area contributed by atoms with E-state index in [-0.39, 0.29) is 0 Å². The number of H-pyrrole nitrogens is 1. The van der Waals surface area contributed by atoms with E-state index in [1.807, 2.05) is 13.0 Å². The summed E-state index contributed by atoms with van der Waals surface area (Å²) in [4.78, 5) is 0. The van der Waals surface area contributed by atoms with Crippen LogP contribution >= 0.6 is 0 Å². The summed E-state index contributed by atoms with van der Waals surface area (Å²) < 4.78 is 5.21. The van der Waals surface area contributed by atoms with Gasteiger partial charge in [-0.3, -0.25) is 5.10 Å². The Balaban J connectivity index is 2.44. The molecule has 0 bridgehead atoms. The highest BCUT2D eigenvalue weighted by molar-refractivity contribution is 5.07. The van der Waals surface area contributed by atoms with Gasteiger partial charge in [0.2, 0.25) is 0 Å². The van der Waals surface area contributed by atoms with E-state index < -0.39 is 0 Å². The van der Waals surface area contributed by atoms with Gasteiger partial charge in [-0.25, -0.2) is 0 Å². The van der Waals surface area contributed by atoms with Crippen molar-refractivity contribution in [1.29, 1.82) is 0 Å². The molecule has 0 atom stereocenters. The number of rotatable bonds is 4. The predicted molar refractivity (Wildman–Crippen MR) is 43.3 cm³/mol. The summed E-state index contributed by atoms with van der Waals surface area (Å²) in [6, 6.07) is 2.04. The molecular formula is C8H14N2O. The molecule has 0 amide bonds. The van der Waals surface area contributed by atoms with Crippen LogP contribution in [0.2, 0.25) is 0 Å². The van der Waals surface area contributed by atoms with Gasteiger partial charge in [0.05, 0.1) is 18.0 Å². The molecule has 3 heteroatoms. The van der Waals surface area contributed by atoms with Crippen LogP contribution < -0.4 is 0 Å². The van der Waals surface area contributed by atoms with Gasteiger partial charge in [0.25, 0.3) is 0 Å². The highest BCUT2D eigenvalue weighted by atomic mass is 16.5. The number of hydrogen-bond acceptors (Lipinski definition) is 2. The molecule has 0 spiro atoms. The molecule has 0 unspecified atom stereocenters. The maximum absolute atomic E-state index is 5.21. The summed E-state index contributed by atoms with van der Waals surface area (Å²) in [5.41, 5.74) is 2.16. The Morgan fingerprint density at radius 1 is 1.55 bits per heavy atom. The van der Waals surface area contributed by atoms with Crippen molar-refractivity contribution < 1.29 is 4.74 Å². The van der Waals surface area contributed by atoms with Crippen molar-refractivity contribution in [3.05, 3.63) is 17.5 Å². The molecule has 0 saturated heterocycles. The van der Waals surface area contributed by atoms with E-state index in [1.54, 1.807) is 0 Å². The van der Waals surface area contributed by atoms with Crippen molar-refractivity contribution in [2.45, 2.75) is 26.9 Å². The minimum Gasteiger partial charge on any atom is -0.375 e. The van der Waals surface area contributed by atoms with Crippen LogP contribution in [0.5, 0.6) is 0 Å². The zero-order valence-electron chi connectivity index (χ0n) is 7.05. The summed E-state index contributed by atoms with van der Waals surface area (Å²) in [5.74, 6) is 0. The van der Waals surface area contributed by atoms with Crippen LogP contribution in [0.25, 0.3) is 0 Å². The largest absolute Gasteiger partial charge is 0.375 e. The standard InChI is InChI=1S/C8H14N2O/c1-3-7-5-8(10-9-7)6-11-4-2/h5H,3-4,6H2,1-2H3,(H,9,10). The van der Waals surface area contributed by atoms with Crippen molar-refractivity contribution in [2.24, 2.45) is 0 Å². The van der Waals surface area contributed by atoms with Crippen LogP contribution in [0.1, 0.15) is 25.2 Å². The Morgan fingerprint density at radius 3 is 2.91 bits per heavy atom. The summed E-state index contributed by atoms with van der Waals surface area (Å²) >= 11 is 0. The number of hydrogen-bond donors (Lipinski definition) is 1. The monoisotopic (exact) mass is 154 g/mol. The highest BCUT2D eigenvalue weighted by Gasteiger charge is 1.97. The number of aromatic amines is 1. The lowest BCUT2D eigenvalue weighted by molar-refractivity contribution is 0.131. The highest BCUT2D eigenvalue weighted by Crippen LogP contribution is 2.01. The Labute approximate surface area is 66.8 Å². The molecule has 0 aromatic carbocycles. The van der Waals surface area contributed by atoms with Crippen LogP contribution in [0.3, 0.4) is 0 Å². The average molecular weight is 154 g/mol. The van der Waals surface area contributed by atoms with Crippen molar-refractivity contribution in [2.75, 3.05) is 6.61 Å². The normalized spacial score (nSPS) is 10.4. The molecule has 1 N–H and O–H groups in total. The molecule has 62 valence electrons. The summed E-state index contributed by atoms with van der Waals surface area (Å²) in [7, 11) is 0. The molecule has 1 aromatic heterocycles. The van der Waals surface area contributed by atoms with E-state index >= 15 is 0 Å². The van der Waals surface area contributed by atoms with Gasteiger partial charge in [-0.05, 0) is 19.4 Å². The van der Waals surface area contributed by atoms with Gasteiger partial charge in [-0.1, -0.05) is 6.92 Å². The van der Waals surface area contributed by atoms with Crippen LogP contribution in [-0.4, -0.2) is 16.8 Å². The Bertz CT molecular complexity index is 208. The van der Waals surface area contributed by atoms with Gasteiger partial charge in [0.1, 0.15) is 0 Å². The van der Waals surface area contributed by atoms with Crippen molar-refractivity contribution in [3.63, 3.8) is 0 Å². The minimum atomic E-state index is 0.642. The summed E-state index contributed by atoms with van der Waals surface area (Å²) in [6.45, 7) is 5.46. The van der Waals surface area contributed by atoms with Gasteiger partial charge >= 0.3 is 0 Å². The van der Waals surface area contributed by atoms with Crippen LogP contribution in [-0.2, 0) is 17.8 Å². The molecule has 0 aliphatic carbocycles. The zero-order chi connectivity index (χ0) is 8.10. The molecule has 0 aliphatic rings. The molecule has 0 radical (unpaired) electrons. The molecule has 11 heavy (non-hydrogen) atoms. The van der Waals surface area contributed by atoms with E-state index in [9.17, 15) is 0 Å². The Kier molecular flexibility index (Phi) is 3.11. The van der Waals surface area contributed by atoms with E-state index in [0.29, 0.717) is 6.61 Å². The van der Waals surface area contributed by atoms with Crippen LogP contribution in [0.15, 0.2) is 6.07 Å². The number of nitrogens with one attached hydrogen (secondary N) is 1. The van der Waals surface area contributed by atoms with Crippen molar-refractivity contribution in [1.82, 2.24) is 10.2 Å². The molecule has 0 aliphatic heterocycles. The lowest BCUT2D eigenvalue weighted by Gasteiger charge is -1.94. The fourth-order valence-corrected chi connectivity index (χ4v) is 0.876. The van der Waals surface area contributed by atoms with Gasteiger partial charge in [-0.15, -0.1) is 0 Å². The lowest BCUT2D eigenvalue weighted by Crippen LogP contribution is -1.91. The fraction of sp³-hybridized carbons (Fsp3) is 0.625. The predicted octanol–water partition coefficient (Wildman–Crippen LogP) is 1.51. The molecule has 1 aromatic rings. The van der Waals surface area contributed by atoms with Gasteiger partial charge in [-0.2, -0.15) is 5.10 Å². The van der Waals surface area contributed by atoms with Gasteiger partial charge in [0.15, 0.2) is 0 Å². The second-order valence-electron chi connectivity index (χ2n) is 2.38. The first-order chi connectivity index (χ1) is 5.36. The fourth-order valence-electron chi connectivity index (χ4n) is 0.876. The minimum absolute atomic E-state index is 0.642. The molecule has 0 saturated carbocycles. The van der Waals surface area contributed by atoms with Crippen molar-refractivity contribution >= 4 is 0 Å². The third-order valence-corrected chi connectivity index (χ3v) is 1.51. The Morgan fingerprint density at radius 2 is 2.36 bits per heavy atom. The second-order valence-corrected chi connectivity index (χ2v) is 2.38. The van der Waals surface area contributed by atoms with E-state index in [0.717, 1.165) is 24.4 Å². The number of aryl methyl sites for hydroxylation is 1. The first-order valence-corrected chi connectivity index (χ1v) is 3.97. The van der Waals surface area contributed by atoms with E-state index in [4.69, 9.17) is 4.74 Å². The van der Waals surface area contributed by atoms with E-state index in [1.165, 1.54) is 0 Å². The molecule has 3 nitrogen and oxygen atoms in total. The molecular weight excluding hydrogens is 140 g/mol. The van der Waals surface area contributed by atoms with Crippen LogP contribution in [0.4, 0.5) is 0 Å². The Hall–Kier alpha value is -0.830. The van der Waals surface area contributed by atoms with Gasteiger partial charge in [0, 0.05) is 6.61 Å². The lowest BCUT2D eigenvalue weighted by atomic mass is 10.3. The molecule has 1 rings (SSSR count). The number of aromatic nitrogens is 2. The quantitative estimate of drug-likeness (QED) is 0.713. The van der Waals surface area contributed by atoms with Crippen molar-refractivity contribution in [3.8, 4) is 0 Å². The first-order valence-electron chi connectivity index (χ1n) is 3.97. The SMILES string of the molecule is CCOCc1cc(CC)n[nH]1. The number of ether oxygens (including phenoxy) is 1. The zero-order valence-corrected chi connectivity index (χ0v) is 7.05. The van der Waals surface area contributed by atoms with Crippen LogP contribution in [0, 0.1) is 0 Å². The van der Waals surface area contributed by atoms with Gasteiger partial charge < -0.3 is 4.74 Å². The third kappa shape index (κ3) is 2.35. The summed E-state index contributed by atoms with van der Waals surface area (Å²) in [5, 5.41) is 7.00. The third-order valence-electron chi connectivity index (χ3n) is 1.51. The summed E-state index contributed by atoms with van der Waals surface area (Å²) in [6.07, 6.45) is 0.975. The smallest absolute Gasteiger partial charge is 0.0882 e. The average Bonchev–Trinajstić information content (AvgIpc) is 2.48. The topological polar surface area (TPSA) is 37.9 Å². The molecule has 1 heterocycles. The first kappa shape index (κ1) is 8.27. The maximum atomic E-state index is 5.21. The second kappa shape index (κ2) is 4.13.